The first kappa shape index (κ1) is 26.8. The van der Waals surface area contributed by atoms with Gasteiger partial charge in [-0.05, 0) is 56.7 Å². The van der Waals surface area contributed by atoms with E-state index >= 15 is 0 Å². The Labute approximate surface area is 212 Å². The van der Waals surface area contributed by atoms with E-state index in [1.807, 2.05) is 36.4 Å². The molecule has 4 aromatic rings. The Hall–Kier alpha value is -3.83. The van der Waals surface area contributed by atoms with Crippen LogP contribution in [0.25, 0.3) is 22.4 Å². The fourth-order valence-corrected chi connectivity index (χ4v) is 3.75. The third-order valence-electron chi connectivity index (χ3n) is 5.23. The Morgan fingerprint density at radius 1 is 1.08 bits per heavy atom. The molecule has 4 rings (SSSR count). The monoisotopic (exact) mass is 512 g/mol. The van der Waals surface area contributed by atoms with Gasteiger partial charge in [0.1, 0.15) is 5.75 Å². The number of fused-ring (bicyclic) bond motifs is 1. The Morgan fingerprint density at radius 2 is 1.81 bits per heavy atom. The average Bonchev–Trinajstić information content (AvgIpc) is 3.51. The van der Waals surface area contributed by atoms with Crippen molar-refractivity contribution in [3.63, 3.8) is 0 Å². The first-order valence-corrected chi connectivity index (χ1v) is 12.2. The highest BCUT2D eigenvalue weighted by molar-refractivity contribution is 7.98. The third-order valence-corrected chi connectivity index (χ3v) is 6.14. The van der Waals surface area contributed by atoms with Crippen LogP contribution in [0.1, 0.15) is 24.6 Å². The summed E-state index contributed by atoms with van der Waals surface area (Å²) in [4.78, 5) is 23.9. The van der Waals surface area contributed by atoms with Crippen LogP contribution in [0.2, 0.25) is 0 Å². The molecule has 2 aromatic heterocycles. The zero-order valence-electron chi connectivity index (χ0n) is 20.2. The third kappa shape index (κ3) is 7.59. The second-order valence-corrected chi connectivity index (χ2v) is 9.10. The first-order valence-electron chi connectivity index (χ1n) is 11.1. The molecule has 36 heavy (non-hydrogen) atoms. The lowest BCUT2D eigenvalue weighted by atomic mass is 10.1. The number of thioether (sulfide) groups is 1. The van der Waals surface area contributed by atoms with Crippen molar-refractivity contribution in [3.05, 3.63) is 66.2 Å². The number of H-pyrrole nitrogens is 1. The van der Waals surface area contributed by atoms with Gasteiger partial charge in [-0.3, -0.25) is 0 Å². The number of ether oxygens (including phenoxy) is 1. The summed E-state index contributed by atoms with van der Waals surface area (Å²) in [5.74, 6) is -0.0621. The zero-order chi connectivity index (χ0) is 26.1. The van der Waals surface area contributed by atoms with Crippen molar-refractivity contribution < 1.29 is 29.0 Å². The highest BCUT2D eigenvalue weighted by Gasteiger charge is 2.13. The largest absolute Gasteiger partial charge is 0.493 e. The average molecular weight is 513 g/mol. The maximum absolute atomic E-state index is 9.10. The van der Waals surface area contributed by atoms with Gasteiger partial charge in [0.25, 0.3) is 0 Å². The van der Waals surface area contributed by atoms with Crippen LogP contribution in [0, 0.1) is 0 Å². The number of hydrogen-bond donors (Lipinski definition) is 3. The van der Waals surface area contributed by atoms with Gasteiger partial charge >= 0.3 is 11.9 Å². The number of para-hydroxylation sites is 1. The van der Waals surface area contributed by atoms with Gasteiger partial charge in [0.2, 0.25) is 11.8 Å². The lowest BCUT2D eigenvalue weighted by Gasteiger charge is -2.17. The van der Waals surface area contributed by atoms with E-state index in [1.54, 1.807) is 11.8 Å². The highest BCUT2D eigenvalue weighted by Crippen LogP contribution is 2.27. The first-order chi connectivity index (χ1) is 17.2. The molecule has 0 radical (unpaired) electrons. The van der Waals surface area contributed by atoms with Crippen LogP contribution in [0.5, 0.6) is 5.75 Å². The number of nitrogens with one attached hydrogen (secondary N) is 1. The van der Waals surface area contributed by atoms with Crippen LogP contribution >= 0.6 is 11.8 Å². The molecule has 2 heterocycles. The summed E-state index contributed by atoms with van der Waals surface area (Å²) in [6.45, 7) is 2.82. The molecule has 1 atom stereocenters. The molecular formula is C25H28N4O6S. The number of rotatable bonds is 9. The van der Waals surface area contributed by atoms with E-state index in [2.05, 4.69) is 59.3 Å². The van der Waals surface area contributed by atoms with Crippen LogP contribution in [0.15, 0.2) is 59.0 Å². The van der Waals surface area contributed by atoms with Crippen LogP contribution in [-0.2, 0) is 15.3 Å². The molecule has 2 aromatic carbocycles. The minimum absolute atomic E-state index is 0.318. The van der Waals surface area contributed by atoms with Gasteiger partial charge < -0.3 is 29.3 Å². The number of carboxylic acids is 2. The minimum Gasteiger partial charge on any atom is -0.493 e. The smallest absolute Gasteiger partial charge is 0.414 e. The van der Waals surface area contributed by atoms with E-state index in [0.717, 1.165) is 22.6 Å². The summed E-state index contributed by atoms with van der Waals surface area (Å²) in [5, 5.41) is 24.4. The van der Waals surface area contributed by atoms with E-state index < -0.39 is 11.9 Å². The summed E-state index contributed by atoms with van der Waals surface area (Å²) in [6, 6.07) is 18.5. The number of hydrogen-bond acceptors (Lipinski definition) is 8. The van der Waals surface area contributed by atoms with Crippen molar-refractivity contribution in [3.8, 4) is 17.2 Å². The molecule has 0 saturated carbocycles. The SMILES string of the molecule is CC(c1cc2ccc(-c3nnc(CSCCOc4ccccc4)o3)cc2[nH]1)N(C)C.O=C(O)C(=O)O. The molecule has 0 aliphatic rings. The maximum atomic E-state index is 9.10. The molecule has 0 amide bonds. The lowest BCUT2D eigenvalue weighted by molar-refractivity contribution is -0.159. The number of aromatic nitrogens is 3. The Bertz CT molecular complexity index is 1280. The van der Waals surface area contributed by atoms with Crippen LogP contribution in [0.3, 0.4) is 0 Å². The predicted molar refractivity (Wildman–Crippen MR) is 137 cm³/mol. The fraction of sp³-hybridized carbons (Fsp3) is 0.280. The topological polar surface area (TPSA) is 142 Å². The highest BCUT2D eigenvalue weighted by atomic mass is 32.2. The van der Waals surface area contributed by atoms with Crippen molar-refractivity contribution in [2.24, 2.45) is 0 Å². The number of carboxylic acid groups (broad SMARTS) is 2. The molecule has 1 unspecified atom stereocenters. The number of carbonyl (C=O) groups is 2. The summed E-state index contributed by atoms with van der Waals surface area (Å²) < 4.78 is 11.6. The molecule has 10 nitrogen and oxygen atoms in total. The summed E-state index contributed by atoms with van der Waals surface area (Å²) in [6.07, 6.45) is 0. The van der Waals surface area contributed by atoms with Gasteiger partial charge in [0, 0.05) is 28.6 Å². The Balaban J connectivity index is 0.000000538. The van der Waals surface area contributed by atoms with Crippen molar-refractivity contribution in [1.29, 1.82) is 0 Å². The summed E-state index contributed by atoms with van der Waals surface area (Å²) in [5.41, 5.74) is 3.18. The van der Waals surface area contributed by atoms with E-state index in [4.69, 9.17) is 29.0 Å². The number of nitrogens with zero attached hydrogens (tertiary/aromatic N) is 3. The van der Waals surface area contributed by atoms with Gasteiger partial charge in [-0.15, -0.1) is 22.0 Å². The second kappa shape index (κ2) is 12.8. The normalized spacial score (nSPS) is 11.7. The van der Waals surface area contributed by atoms with Gasteiger partial charge in [-0.1, -0.05) is 24.3 Å². The molecule has 0 spiro atoms. The van der Waals surface area contributed by atoms with Crippen molar-refractivity contribution >= 4 is 34.6 Å². The number of benzene rings is 2. The molecule has 0 bridgehead atoms. The van der Waals surface area contributed by atoms with Gasteiger partial charge in [0.05, 0.1) is 12.4 Å². The quantitative estimate of drug-likeness (QED) is 0.219. The van der Waals surface area contributed by atoms with Gasteiger partial charge in [0.15, 0.2) is 0 Å². The molecule has 190 valence electrons. The number of aliphatic carboxylic acids is 2. The molecule has 0 aliphatic carbocycles. The maximum Gasteiger partial charge on any atom is 0.414 e. The molecule has 11 heteroatoms. The van der Waals surface area contributed by atoms with Gasteiger partial charge in [-0.25, -0.2) is 9.59 Å². The van der Waals surface area contributed by atoms with Crippen molar-refractivity contribution in [2.75, 3.05) is 26.5 Å². The fourth-order valence-electron chi connectivity index (χ4n) is 3.11. The summed E-state index contributed by atoms with van der Waals surface area (Å²) in [7, 11) is 4.15. The zero-order valence-corrected chi connectivity index (χ0v) is 21.0. The van der Waals surface area contributed by atoms with Crippen LogP contribution in [-0.4, -0.2) is 68.7 Å². The van der Waals surface area contributed by atoms with Crippen LogP contribution < -0.4 is 4.74 Å². The van der Waals surface area contributed by atoms with Crippen molar-refractivity contribution in [1.82, 2.24) is 20.1 Å². The van der Waals surface area contributed by atoms with E-state index in [9.17, 15) is 0 Å². The molecule has 0 aliphatic heterocycles. The Morgan fingerprint density at radius 3 is 2.47 bits per heavy atom. The second-order valence-electron chi connectivity index (χ2n) is 7.99. The molecule has 3 N–H and O–H groups in total. The minimum atomic E-state index is -1.82. The lowest BCUT2D eigenvalue weighted by Crippen LogP contribution is -2.16. The van der Waals surface area contributed by atoms with Crippen molar-refractivity contribution in [2.45, 2.75) is 18.7 Å². The van der Waals surface area contributed by atoms with E-state index in [1.165, 1.54) is 11.1 Å². The van der Waals surface area contributed by atoms with E-state index in [0.29, 0.717) is 30.2 Å². The standard InChI is InChI=1S/C23H26N4O2S.C2H2O4/c1-16(27(2)3)20-13-17-9-10-18(14-21(17)24-20)23-26-25-22(29-23)15-30-12-11-28-19-7-5-4-6-8-19;3-1(4)2(5)6/h4-10,13-14,16,24H,11-12,15H2,1-3H3;(H,3,4)(H,5,6). The number of aromatic amines is 1. The molecule has 0 fully saturated rings. The molecular weight excluding hydrogens is 484 g/mol. The van der Waals surface area contributed by atoms with Gasteiger partial charge in [-0.2, -0.15) is 0 Å². The summed E-state index contributed by atoms with van der Waals surface area (Å²) >= 11 is 1.71. The predicted octanol–water partition coefficient (Wildman–Crippen LogP) is 4.31. The molecule has 0 saturated heterocycles. The Kier molecular flexibility index (Phi) is 9.48. The van der Waals surface area contributed by atoms with E-state index in [-0.39, 0.29) is 0 Å². The van der Waals surface area contributed by atoms with Crippen LogP contribution in [0.4, 0.5) is 0 Å².